The van der Waals surface area contributed by atoms with Gasteiger partial charge in [-0.1, -0.05) is 19.9 Å². The first kappa shape index (κ1) is 19.7. The third-order valence-corrected chi connectivity index (χ3v) is 3.92. The number of carbonyl (C=O) groups excluding carboxylic acids is 1. The van der Waals surface area contributed by atoms with Gasteiger partial charge in [0.2, 0.25) is 5.91 Å². The van der Waals surface area contributed by atoms with Crippen LogP contribution in [0.3, 0.4) is 0 Å². The Balaban J connectivity index is 0.00000200. The van der Waals surface area contributed by atoms with E-state index in [-0.39, 0.29) is 30.7 Å². The first-order chi connectivity index (χ1) is 9.16. The van der Waals surface area contributed by atoms with Crippen LogP contribution in [0.4, 0.5) is 5.69 Å². The van der Waals surface area contributed by atoms with Crippen molar-refractivity contribution in [3.05, 3.63) is 24.5 Å². The van der Waals surface area contributed by atoms with Gasteiger partial charge in [0.15, 0.2) is 0 Å². The lowest BCUT2D eigenvalue weighted by Gasteiger charge is -2.28. The summed E-state index contributed by atoms with van der Waals surface area (Å²) in [4.78, 5) is 19.7. The molecule has 2 aromatic rings. The smallest absolute Gasteiger partial charge is 0.231 e. The number of nitrogens with zero attached hydrogens (tertiary/aromatic N) is 1. The summed E-state index contributed by atoms with van der Waals surface area (Å²) in [5.74, 6) is -0.0319. The van der Waals surface area contributed by atoms with Crippen molar-refractivity contribution in [3.8, 4) is 0 Å². The standard InChI is InChI=1S/C14H20N4O.2ClH/c1-3-14(4-2,8-15)13(19)18-11-7-5-6-10-12(11)17-9-16-10;;/h5-7,9H,3-4,8,15H2,1-2H3,(H,16,17)(H,18,19);2*1H. The summed E-state index contributed by atoms with van der Waals surface area (Å²) < 4.78 is 0. The quantitative estimate of drug-likeness (QED) is 0.786. The number of nitrogens with one attached hydrogen (secondary N) is 2. The number of para-hydroxylation sites is 1. The van der Waals surface area contributed by atoms with E-state index in [0.717, 1.165) is 29.6 Å². The Hall–Kier alpha value is -1.30. The summed E-state index contributed by atoms with van der Waals surface area (Å²) in [6.45, 7) is 4.33. The molecule has 0 spiro atoms. The molecule has 0 saturated heterocycles. The maximum absolute atomic E-state index is 12.5. The lowest BCUT2D eigenvalue weighted by molar-refractivity contribution is -0.125. The number of hydrogen-bond acceptors (Lipinski definition) is 3. The molecule has 1 heterocycles. The lowest BCUT2D eigenvalue weighted by atomic mass is 9.81. The minimum atomic E-state index is -0.502. The largest absolute Gasteiger partial charge is 0.345 e. The van der Waals surface area contributed by atoms with Crippen molar-refractivity contribution in [1.29, 1.82) is 0 Å². The molecule has 0 aliphatic carbocycles. The van der Waals surface area contributed by atoms with Crippen molar-refractivity contribution >= 4 is 47.4 Å². The van der Waals surface area contributed by atoms with Crippen LogP contribution in [0.25, 0.3) is 11.0 Å². The molecule has 2 rings (SSSR count). The van der Waals surface area contributed by atoms with Gasteiger partial charge >= 0.3 is 0 Å². The molecule has 0 aliphatic heterocycles. The molecule has 7 heteroatoms. The number of imidazole rings is 1. The van der Waals surface area contributed by atoms with E-state index in [1.54, 1.807) is 6.33 Å². The van der Waals surface area contributed by atoms with Crippen molar-refractivity contribution in [1.82, 2.24) is 9.97 Å². The number of hydrogen-bond donors (Lipinski definition) is 3. The highest BCUT2D eigenvalue weighted by atomic mass is 35.5. The van der Waals surface area contributed by atoms with Gasteiger partial charge in [-0.15, -0.1) is 24.8 Å². The van der Waals surface area contributed by atoms with E-state index in [9.17, 15) is 4.79 Å². The molecule has 0 atom stereocenters. The molecular weight excluding hydrogens is 311 g/mol. The predicted molar refractivity (Wildman–Crippen MR) is 91.3 cm³/mol. The average Bonchev–Trinajstić information content (AvgIpc) is 2.91. The summed E-state index contributed by atoms with van der Waals surface area (Å²) in [6.07, 6.45) is 3.07. The van der Waals surface area contributed by atoms with Crippen LogP contribution >= 0.6 is 24.8 Å². The molecule has 0 unspecified atom stereocenters. The minimum Gasteiger partial charge on any atom is -0.345 e. The number of nitrogens with two attached hydrogens (primary N) is 1. The van der Waals surface area contributed by atoms with Gasteiger partial charge in [-0.2, -0.15) is 0 Å². The first-order valence-electron chi connectivity index (χ1n) is 6.60. The van der Waals surface area contributed by atoms with E-state index in [2.05, 4.69) is 15.3 Å². The number of aromatic amines is 1. The fourth-order valence-corrected chi connectivity index (χ4v) is 2.27. The number of amides is 1. The Morgan fingerprint density at radius 3 is 2.57 bits per heavy atom. The van der Waals surface area contributed by atoms with Crippen LogP contribution in [0.1, 0.15) is 26.7 Å². The van der Waals surface area contributed by atoms with E-state index in [0.29, 0.717) is 6.54 Å². The minimum absolute atomic E-state index is 0. The van der Waals surface area contributed by atoms with Crippen molar-refractivity contribution in [3.63, 3.8) is 0 Å². The molecule has 1 aromatic carbocycles. The number of aromatic nitrogens is 2. The Morgan fingerprint density at radius 2 is 2.00 bits per heavy atom. The van der Waals surface area contributed by atoms with Gasteiger partial charge in [-0.05, 0) is 25.0 Å². The van der Waals surface area contributed by atoms with E-state index in [1.807, 2.05) is 32.0 Å². The highest BCUT2D eigenvalue weighted by molar-refractivity contribution is 6.01. The number of fused-ring (bicyclic) bond motifs is 1. The fraction of sp³-hybridized carbons (Fsp3) is 0.429. The van der Waals surface area contributed by atoms with E-state index >= 15 is 0 Å². The zero-order valence-corrected chi connectivity index (χ0v) is 13.8. The average molecular weight is 333 g/mol. The monoisotopic (exact) mass is 332 g/mol. The van der Waals surface area contributed by atoms with Crippen LogP contribution in [0, 0.1) is 5.41 Å². The van der Waals surface area contributed by atoms with Crippen LogP contribution in [0.2, 0.25) is 0 Å². The number of halogens is 2. The lowest BCUT2D eigenvalue weighted by Crippen LogP contribution is -2.41. The Morgan fingerprint density at radius 1 is 1.33 bits per heavy atom. The molecule has 0 aliphatic rings. The zero-order chi connectivity index (χ0) is 13.9. The Bertz CT molecular complexity index is 573. The van der Waals surface area contributed by atoms with Gasteiger partial charge in [0, 0.05) is 6.54 Å². The number of benzene rings is 1. The SMILES string of the molecule is CCC(CC)(CN)C(=O)Nc1cccc2[nH]cnc12.Cl.Cl. The highest BCUT2D eigenvalue weighted by Crippen LogP contribution is 2.28. The van der Waals surface area contributed by atoms with Gasteiger partial charge in [-0.25, -0.2) is 4.98 Å². The van der Waals surface area contributed by atoms with Gasteiger partial charge in [0.1, 0.15) is 5.52 Å². The molecule has 0 bridgehead atoms. The second-order valence-corrected chi connectivity index (χ2v) is 4.75. The third kappa shape index (κ3) is 3.67. The number of anilines is 1. The van der Waals surface area contributed by atoms with Gasteiger partial charge in [0.05, 0.1) is 22.9 Å². The molecule has 1 aromatic heterocycles. The second-order valence-electron chi connectivity index (χ2n) is 4.75. The number of rotatable bonds is 5. The van der Waals surface area contributed by atoms with Gasteiger partial charge in [0.25, 0.3) is 0 Å². The highest BCUT2D eigenvalue weighted by Gasteiger charge is 2.33. The Labute approximate surface area is 136 Å². The second kappa shape index (κ2) is 8.22. The van der Waals surface area contributed by atoms with Crippen LogP contribution in [-0.4, -0.2) is 22.4 Å². The number of H-pyrrole nitrogens is 1. The summed E-state index contributed by atoms with van der Waals surface area (Å²) in [5.41, 5.74) is 7.70. The maximum Gasteiger partial charge on any atom is 0.231 e. The predicted octanol–water partition coefficient (Wildman–Crippen LogP) is 3.11. The normalized spacial score (nSPS) is 10.6. The molecule has 118 valence electrons. The van der Waals surface area contributed by atoms with Crippen molar-refractivity contribution in [2.45, 2.75) is 26.7 Å². The molecule has 0 fully saturated rings. The van der Waals surface area contributed by atoms with Crippen LogP contribution in [0.5, 0.6) is 0 Å². The van der Waals surface area contributed by atoms with E-state index in [1.165, 1.54) is 0 Å². The molecule has 1 amide bonds. The molecule has 0 radical (unpaired) electrons. The van der Waals surface area contributed by atoms with Crippen molar-refractivity contribution < 1.29 is 4.79 Å². The number of carbonyl (C=O) groups is 1. The summed E-state index contributed by atoms with van der Waals surface area (Å²) in [6, 6.07) is 5.67. The van der Waals surface area contributed by atoms with E-state index in [4.69, 9.17) is 5.73 Å². The van der Waals surface area contributed by atoms with Crippen LogP contribution in [-0.2, 0) is 4.79 Å². The summed E-state index contributed by atoms with van der Waals surface area (Å²) >= 11 is 0. The van der Waals surface area contributed by atoms with Gasteiger partial charge < -0.3 is 16.0 Å². The Kier molecular flexibility index (Phi) is 7.71. The fourth-order valence-electron chi connectivity index (χ4n) is 2.27. The van der Waals surface area contributed by atoms with Gasteiger partial charge in [-0.3, -0.25) is 4.79 Å². The van der Waals surface area contributed by atoms with E-state index < -0.39 is 5.41 Å². The van der Waals surface area contributed by atoms with Crippen LogP contribution in [0.15, 0.2) is 24.5 Å². The third-order valence-electron chi connectivity index (χ3n) is 3.92. The zero-order valence-electron chi connectivity index (χ0n) is 12.2. The molecule has 5 nitrogen and oxygen atoms in total. The van der Waals surface area contributed by atoms with Crippen LogP contribution < -0.4 is 11.1 Å². The van der Waals surface area contributed by atoms with Crippen molar-refractivity contribution in [2.75, 3.05) is 11.9 Å². The molecule has 0 saturated carbocycles. The first-order valence-corrected chi connectivity index (χ1v) is 6.60. The molecule has 4 N–H and O–H groups in total. The van der Waals surface area contributed by atoms with Crippen molar-refractivity contribution in [2.24, 2.45) is 11.1 Å². The maximum atomic E-state index is 12.5. The summed E-state index contributed by atoms with van der Waals surface area (Å²) in [7, 11) is 0. The molecule has 21 heavy (non-hydrogen) atoms. The molecular formula is C14H22Cl2N4O. The summed E-state index contributed by atoms with van der Waals surface area (Å²) in [5, 5.41) is 2.96. The topological polar surface area (TPSA) is 83.8 Å².